The minimum absolute atomic E-state index is 0.0921. The van der Waals surface area contributed by atoms with Gasteiger partial charge in [0.1, 0.15) is 5.82 Å². The van der Waals surface area contributed by atoms with E-state index in [0.717, 1.165) is 30.4 Å². The molecule has 0 fully saturated rings. The van der Waals surface area contributed by atoms with Crippen LogP contribution in [0.4, 0.5) is 5.82 Å². The SMILES string of the molecule is CCNC(=NCCC(=O)Nc1ccc(C)cn1)NCCSc1ccccc1. The zero-order valence-electron chi connectivity index (χ0n) is 15.9. The molecule has 6 nitrogen and oxygen atoms in total. The van der Waals surface area contributed by atoms with E-state index in [9.17, 15) is 4.79 Å². The number of nitrogens with one attached hydrogen (secondary N) is 3. The Bertz CT molecular complexity index is 719. The molecule has 2 aromatic rings. The summed E-state index contributed by atoms with van der Waals surface area (Å²) in [7, 11) is 0. The van der Waals surface area contributed by atoms with E-state index in [1.807, 2.05) is 38.1 Å². The zero-order chi connectivity index (χ0) is 19.3. The minimum Gasteiger partial charge on any atom is -0.357 e. The summed E-state index contributed by atoms with van der Waals surface area (Å²) in [5.74, 6) is 2.14. The number of rotatable bonds is 9. The molecule has 1 heterocycles. The monoisotopic (exact) mass is 385 g/mol. The van der Waals surface area contributed by atoms with Crippen molar-refractivity contribution < 1.29 is 4.79 Å². The Balaban J connectivity index is 1.70. The van der Waals surface area contributed by atoms with Crippen molar-refractivity contribution in [2.75, 3.05) is 30.7 Å². The van der Waals surface area contributed by atoms with Gasteiger partial charge >= 0.3 is 0 Å². The first kappa shape index (κ1) is 20.8. The number of amides is 1. The maximum atomic E-state index is 12.0. The van der Waals surface area contributed by atoms with Crippen LogP contribution in [0.15, 0.2) is 58.5 Å². The molecular formula is C20H27N5OS. The lowest BCUT2D eigenvalue weighted by atomic mass is 10.3. The van der Waals surface area contributed by atoms with Crippen LogP contribution in [0, 0.1) is 6.92 Å². The molecule has 0 aliphatic heterocycles. The first-order valence-corrected chi connectivity index (χ1v) is 10.1. The van der Waals surface area contributed by atoms with Crippen LogP contribution in [-0.2, 0) is 4.79 Å². The zero-order valence-corrected chi connectivity index (χ0v) is 16.7. The van der Waals surface area contributed by atoms with Gasteiger partial charge in [0.05, 0.1) is 6.54 Å². The van der Waals surface area contributed by atoms with Crippen LogP contribution in [0.3, 0.4) is 0 Å². The number of hydrogen-bond donors (Lipinski definition) is 3. The van der Waals surface area contributed by atoms with Crippen LogP contribution in [0.25, 0.3) is 0 Å². The minimum atomic E-state index is -0.0921. The lowest BCUT2D eigenvalue weighted by molar-refractivity contribution is -0.116. The van der Waals surface area contributed by atoms with Gasteiger partial charge in [-0.3, -0.25) is 9.79 Å². The molecule has 0 aliphatic carbocycles. The molecule has 1 amide bonds. The maximum absolute atomic E-state index is 12.0. The van der Waals surface area contributed by atoms with E-state index in [-0.39, 0.29) is 5.91 Å². The predicted molar refractivity (Wildman–Crippen MR) is 113 cm³/mol. The number of aliphatic imine (C=N–C) groups is 1. The highest BCUT2D eigenvalue weighted by molar-refractivity contribution is 7.99. The molecule has 1 aromatic carbocycles. The van der Waals surface area contributed by atoms with E-state index in [0.29, 0.717) is 18.8 Å². The van der Waals surface area contributed by atoms with E-state index >= 15 is 0 Å². The lowest BCUT2D eigenvalue weighted by Gasteiger charge is -2.11. The first-order chi connectivity index (χ1) is 13.2. The van der Waals surface area contributed by atoms with E-state index in [2.05, 4.69) is 38.1 Å². The molecule has 27 heavy (non-hydrogen) atoms. The van der Waals surface area contributed by atoms with Crippen LogP contribution in [-0.4, -0.2) is 42.2 Å². The lowest BCUT2D eigenvalue weighted by Crippen LogP contribution is -2.38. The quantitative estimate of drug-likeness (QED) is 0.268. The first-order valence-electron chi connectivity index (χ1n) is 9.10. The number of thioether (sulfide) groups is 1. The summed E-state index contributed by atoms with van der Waals surface area (Å²) in [6.07, 6.45) is 2.04. The standard InChI is InChI=1S/C20H27N5OS/c1-3-21-20(23-13-14-27-17-7-5-4-6-8-17)22-12-11-19(26)25-18-10-9-16(2)15-24-18/h4-10,15H,3,11-14H2,1-2H3,(H2,21,22,23)(H,24,25,26). The fraction of sp³-hybridized carbons (Fsp3) is 0.350. The highest BCUT2D eigenvalue weighted by atomic mass is 32.2. The molecule has 0 bridgehead atoms. The van der Waals surface area contributed by atoms with Crippen molar-refractivity contribution in [2.24, 2.45) is 4.99 Å². The van der Waals surface area contributed by atoms with Gasteiger partial charge in [-0.15, -0.1) is 11.8 Å². The normalized spacial score (nSPS) is 11.1. The Morgan fingerprint density at radius 3 is 2.67 bits per heavy atom. The molecule has 7 heteroatoms. The van der Waals surface area contributed by atoms with Crippen molar-refractivity contribution in [2.45, 2.75) is 25.2 Å². The number of aryl methyl sites for hydroxylation is 1. The average molecular weight is 386 g/mol. The summed E-state index contributed by atoms with van der Waals surface area (Å²) in [6, 6.07) is 14.0. The van der Waals surface area contributed by atoms with E-state index < -0.39 is 0 Å². The van der Waals surface area contributed by atoms with Crippen molar-refractivity contribution in [3.63, 3.8) is 0 Å². The number of nitrogens with zero attached hydrogens (tertiary/aromatic N) is 2. The number of carbonyl (C=O) groups excluding carboxylic acids is 1. The Hall–Kier alpha value is -2.54. The number of benzene rings is 1. The highest BCUT2D eigenvalue weighted by Gasteiger charge is 2.03. The molecular weight excluding hydrogens is 358 g/mol. The van der Waals surface area contributed by atoms with E-state index in [1.54, 1.807) is 24.0 Å². The van der Waals surface area contributed by atoms with Gasteiger partial charge in [-0.1, -0.05) is 24.3 Å². The third-order valence-electron chi connectivity index (χ3n) is 3.54. The highest BCUT2D eigenvalue weighted by Crippen LogP contribution is 2.15. The summed E-state index contributed by atoms with van der Waals surface area (Å²) >= 11 is 1.80. The summed E-state index contributed by atoms with van der Waals surface area (Å²) in [5, 5.41) is 9.27. The number of anilines is 1. The fourth-order valence-corrected chi connectivity index (χ4v) is 3.00. The number of aromatic nitrogens is 1. The number of hydrogen-bond acceptors (Lipinski definition) is 4. The fourth-order valence-electron chi connectivity index (χ4n) is 2.21. The summed E-state index contributed by atoms with van der Waals surface area (Å²) in [6.45, 7) is 5.97. The maximum Gasteiger partial charge on any atom is 0.227 e. The van der Waals surface area contributed by atoms with Gasteiger partial charge in [-0.05, 0) is 37.6 Å². The largest absolute Gasteiger partial charge is 0.357 e. The summed E-state index contributed by atoms with van der Waals surface area (Å²) in [5.41, 5.74) is 1.06. The van der Waals surface area contributed by atoms with Crippen molar-refractivity contribution >= 4 is 29.4 Å². The molecule has 0 saturated carbocycles. The Kier molecular flexibility index (Phi) is 9.20. The molecule has 0 unspecified atom stereocenters. The van der Waals surface area contributed by atoms with Crippen molar-refractivity contribution in [1.82, 2.24) is 15.6 Å². The van der Waals surface area contributed by atoms with Crippen LogP contribution in [0.2, 0.25) is 0 Å². The van der Waals surface area contributed by atoms with Gasteiger partial charge in [0, 0.05) is 36.4 Å². The van der Waals surface area contributed by atoms with E-state index in [1.165, 1.54) is 4.90 Å². The van der Waals surface area contributed by atoms with Crippen LogP contribution in [0.1, 0.15) is 18.9 Å². The topological polar surface area (TPSA) is 78.4 Å². The molecule has 0 saturated heterocycles. The smallest absolute Gasteiger partial charge is 0.227 e. The number of guanidine groups is 1. The molecule has 3 N–H and O–H groups in total. The Morgan fingerprint density at radius 2 is 1.96 bits per heavy atom. The molecule has 2 rings (SSSR count). The summed E-state index contributed by atoms with van der Waals surface area (Å²) < 4.78 is 0. The van der Waals surface area contributed by atoms with E-state index in [4.69, 9.17) is 0 Å². The average Bonchev–Trinajstić information content (AvgIpc) is 2.68. The Morgan fingerprint density at radius 1 is 1.15 bits per heavy atom. The third-order valence-corrected chi connectivity index (χ3v) is 4.55. The van der Waals surface area contributed by atoms with Crippen molar-refractivity contribution in [3.05, 3.63) is 54.2 Å². The second-order valence-corrected chi connectivity index (χ2v) is 7.04. The molecule has 0 atom stereocenters. The molecule has 1 aromatic heterocycles. The van der Waals surface area contributed by atoms with Gasteiger partial charge in [0.25, 0.3) is 0 Å². The second kappa shape index (κ2) is 12.0. The summed E-state index contributed by atoms with van der Waals surface area (Å²) in [4.78, 5) is 21.9. The second-order valence-electron chi connectivity index (χ2n) is 5.87. The van der Waals surface area contributed by atoms with Gasteiger partial charge in [0.15, 0.2) is 5.96 Å². The van der Waals surface area contributed by atoms with Crippen LogP contribution >= 0.6 is 11.8 Å². The van der Waals surface area contributed by atoms with Gasteiger partial charge in [0.2, 0.25) is 5.91 Å². The molecule has 144 valence electrons. The molecule has 0 aliphatic rings. The Labute approximate surface area is 165 Å². The van der Waals surface area contributed by atoms with Crippen LogP contribution in [0.5, 0.6) is 0 Å². The van der Waals surface area contributed by atoms with Crippen molar-refractivity contribution in [1.29, 1.82) is 0 Å². The van der Waals surface area contributed by atoms with Crippen LogP contribution < -0.4 is 16.0 Å². The molecule has 0 radical (unpaired) electrons. The number of pyridine rings is 1. The van der Waals surface area contributed by atoms with Crippen molar-refractivity contribution in [3.8, 4) is 0 Å². The third kappa shape index (κ3) is 8.59. The predicted octanol–water partition coefficient (Wildman–Crippen LogP) is 3.07. The number of carbonyl (C=O) groups is 1. The van der Waals surface area contributed by atoms with Gasteiger partial charge in [-0.25, -0.2) is 4.98 Å². The van der Waals surface area contributed by atoms with Gasteiger partial charge in [-0.2, -0.15) is 0 Å². The van der Waals surface area contributed by atoms with Gasteiger partial charge < -0.3 is 16.0 Å². The molecule has 0 spiro atoms.